The van der Waals surface area contributed by atoms with Crippen molar-refractivity contribution in [3.8, 4) is 0 Å². The van der Waals surface area contributed by atoms with Crippen LogP contribution < -0.4 is 5.48 Å². The number of ether oxygens (including phenoxy) is 1. The van der Waals surface area contributed by atoms with Crippen LogP contribution in [0.5, 0.6) is 0 Å². The molecule has 1 amide bonds. The lowest BCUT2D eigenvalue weighted by atomic mass is 10.2. The van der Waals surface area contributed by atoms with Gasteiger partial charge in [0.05, 0.1) is 0 Å². The van der Waals surface area contributed by atoms with Gasteiger partial charge in [0.15, 0.2) is 0 Å². The van der Waals surface area contributed by atoms with Crippen LogP contribution in [0.4, 0.5) is 4.79 Å². The first-order valence-corrected chi connectivity index (χ1v) is 3.91. The van der Waals surface area contributed by atoms with E-state index >= 15 is 0 Å². The van der Waals surface area contributed by atoms with Crippen molar-refractivity contribution in [1.29, 1.82) is 0 Å². The van der Waals surface area contributed by atoms with Crippen molar-refractivity contribution in [3.63, 3.8) is 0 Å². The third-order valence-corrected chi connectivity index (χ3v) is 1.63. The lowest BCUT2D eigenvalue weighted by molar-refractivity contribution is 0.0842. The molecule has 1 aromatic rings. The van der Waals surface area contributed by atoms with E-state index in [-0.39, 0.29) is 6.61 Å². The summed E-state index contributed by atoms with van der Waals surface area (Å²) in [6, 6.07) is 6.84. The van der Waals surface area contributed by atoms with E-state index in [0.29, 0.717) is 5.02 Å². The van der Waals surface area contributed by atoms with Gasteiger partial charge in [-0.3, -0.25) is 5.21 Å². The van der Waals surface area contributed by atoms with Crippen molar-refractivity contribution < 1.29 is 14.7 Å². The molecule has 0 radical (unpaired) electrons. The molecule has 0 unspecified atom stereocenters. The molecule has 70 valence electrons. The smallest absolute Gasteiger partial charge is 0.431 e. The molecule has 0 fully saturated rings. The highest BCUT2D eigenvalue weighted by Crippen LogP contribution is 2.09. The lowest BCUT2D eigenvalue weighted by Crippen LogP contribution is -2.19. The van der Waals surface area contributed by atoms with Crippen molar-refractivity contribution in [1.82, 2.24) is 5.48 Å². The molecular weight excluding hydrogens is 194 g/mol. The minimum Gasteiger partial charge on any atom is -0.443 e. The summed E-state index contributed by atoms with van der Waals surface area (Å²) in [7, 11) is 0. The molecule has 4 nitrogen and oxygen atoms in total. The van der Waals surface area contributed by atoms with Gasteiger partial charge in [-0.25, -0.2) is 10.3 Å². The zero-order valence-corrected chi connectivity index (χ0v) is 7.41. The highest BCUT2D eigenvalue weighted by atomic mass is 35.5. The van der Waals surface area contributed by atoms with Crippen LogP contribution in [0.3, 0.4) is 0 Å². The Bertz CT molecular complexity index is 286. The van der Waals surface area contributed by atoms with Crippen LogP contribution in [0.2, 0.25) is 5.02 Å². The maximum absolute atomic E-state index is 10.4. The van der Waals surface area contributed by atoms with Crippen LogP contribution in [0.15, 0.2) is 24.3 Å². The fourth-order valence-corrected chi connectivity index (χ4v) is 0.888. The fourth-order valence-electron chi connectivity index (χ4n) is 0.762. The summed E-state index contributed by atoms with van der Waals surface area (Å²) in [6.07, 6.45) is -0.880. The molecule has 2 N–H and O–H groups in total. The molecule has 0 aliphatic heterocycles. The number of rotatable bonds is 2. The minimum atomic E-state index is -0.880. The largest absolute Gasteiger partial charge is 0.443 e. The van der Waals surface area contributed by atoms with Gasteiger partial charge in [-0.05, 0) is 17.7 Å². The van der Waals surface area contributed by atoms with Gasteiger partial charge in [0.25, 0.3) is 0 Å². The van der Waals surface area contributed by atoms with Crippen LogP contribution >= 0.6 is 11.6 Å². The van der Waals surface area contributed by atoms with Gasteiger partial charge >= 0.3 is 6.09 Å². The number of hydroxylamine groups is 1. The SMILES string of the molecule is O=C(NO)OCc1ccc(Cl)cc1. The van der Waals surface area contributed by atoms with Gasteiger partial charge in [0, 0.05) is 5.02 Å². The van der Waals surface area contributed by atoms with Gasteiger partial charge < -0.3 is 4.74 Å². The molecule has 0 bridgehead atoms. The van der Waals surface area contributed by atoms with Crippen LogP contribution in [0, 0.1) is 0 Å². The molecule has 0 atom stereocenters. The Morgan fingerprint density at radius 1 is 1.46 bits per heavy atom. The number of carbonyl (C=O) groups is 1. The minimum absolute atomic E-state index is 0.101. The maximum Gasteiger partial charge on any atom is 0.431 e. The summed E-state index contributed by atoms with van der Waals surface area (Å²) >= 11 is 5.64. The van der Waals surface area contributed by atoms with Gasteiger partial charge in [-0.2, -0.15) is 0 Å². The Morgan fingerprint density at radius 2 is 2.08 bits per heavy atom. The van der Waals surface area contributed by atoms with E-state index in [4.69, 9.17) is 16.8 Å². The summed E-state index contributed by atoms with van der Waals surface area (Å²) in [5.74, 6) is 0. The summed E-state index contributed by atoms with van der Waals surface area (Å²) in [4.78, 5) is 10.4. The number of amides is 1. The number of carbonyl (C=O) groups excluding carboxylic acids is 1. The molecule has 5 heteroatoms. The zero-order valence-electron chi connectivity index (χ0n) is 6.66. The maximum atomic E-state index is 10.4. The van der Waals surface area contributed by atoms with Crippen LogP contribution in [-0.2, 0) is 11.3 Å². The Hall–Kier alpha value is -1.26. The van der Waals surface area contributed by atoms with E-state index in [1.54, 1.807) is 24.3 Å². The van der Waals surface area contributed by atoms with Crippen molar-refractivity contribution in [3.05, 3.63) is 34.9 Å². The van der Waals surface area contributed by atoms with E-state index in [9.17, 15) is 4.79 Å². The fraction of sp³-hybridized carbons (Fsp3) is 0.125. The summed E-state index contributed by atoms with van der Waals surface area (Å²) < 4.78 is 4.57. The topological polar surface area (TPSA) is 58.6 Å². The molecule has 0 aliphatic rings. The third kappa shape index (κ3) is 3.31. The number of hydrogen-bond acceptors (Lipinski definition) is 3. The first-order chi connectivity index (χ1) is 6.22. The number of halogens is 1. The van der Waals surface area contributed by atoms with E-state index in [0.717, 1.165) is 5.56 Å². The van der Waals surface area contributed by atoms with E-state index in [1.807, 2.05) is 0 Å². The van der Waals surface area contributed by atoms with Gasteiger partial charge in [-0.15, -0.1) is 0 Å². The van der Waals surface area contributed by atoms with Crippen molar-refractivity contribution in [2.45, 2.75) is 6.61 Å². The Labute approximate surface area is 80.0 Å². The molecule has 0 spiro atoms. The highest BCUT2D eigenvalue weighted by Gasteiger charge is 1.99. The van der Waals surface area contributed by atoms with Crippen molar-refractivity contribution >= 4 is 17.7 Å². The molecule has 0 heterocycles. The van der Waals surface area contributed by atoms with Crippen molar-refractivity contribution in [2.75, 3.05) is 0 Å². The summed E-state index contributed by atoms with van der Waals surface area (Å²) in [5, 5.41) is 8.73. The number of benzene rings is 1. The number of nitrogens with one attached hydrogen (secondary N) is 1. The monoisotopic (exact) mass is 201 g/mol. The van der Waals surface area contributed by atoms with E-state index in [2.05, 4.69) is 4.74 Å². The van der Waals surface area contributed by atoms with Gasteiger partial charge in [-0.1, -0.05) is 23.7 Å². The molecule has 13 heavy (non-hydrogen) atoms. The third-order valence-electron chi connectivity index (χ3n) is 1.37. The second-order valence-corrected chi connectivity index (χ2v) is 2.75. The standard InChI is InChI=1S/C8H8ClNO3/c9-7-3-1-6(2-4-7)5-13-8(11)10-12/h1-4,12H,5H2,(H,10,11). The Morgan fingerprint density at radius 3 is 2.62 bits per heavy atom. The van der Waals surface area contributed by atoms with Crippen LogP contribution in [0.25, 0.3) is 0 Å². The normalized spacial score (nSPS) is 9.38. The van der Waals surface area contributed by atoms with Gasteiger partial charge in [0.1, 0.15) is 6.61 Å². The molecule has 0 aromatic heterocycles. The van der Waals surface area contributed by atoms with Crippen molar-refractivity contribution in [2.24, 2.45) is 0 Å². The van der Waals surface area contributed by atoms with Crippen LogP contribution in [-0.4, -0.2) is 11.3 Å². The quantitative estimate of drug-likeness (QED) is 0.568. The first-order valence-electron chi connectivity index (χ1n) is 3.53. The molecule has 1 rings (SSSR count). The first kappa shape index (κ1) is 9.83. The summed E-state index contributed by atoms with van der Waals surface area (Å²) in [5.41, 5.74) is 2.16. The second-order valence-electron chi connectivity index (χ2n) is 2.31. The second kappa shape index (κ2) is 4.69. The van der Waals surface area contributed by atoms with E-state index in [1.165, 1.54) is 5.48 Å². The summed E-state index contributed by atoms with van der Waals surface area (Å²) in [6.45, 7) is 0.101. The van der Waals surface area contributed by atoms with Gasteiger partial charge in [0.2, 0.25) is 0 Å². The molecule has 1 aromatic carbocycles. The van der Waals surface area contributed by atoms with Crippen LogP contribution in [0.1, 0.15) is 5.56 Å². The zero-order chi connectivity index (χ0) is 9.68. The Kier molecular flexibility index (Phi) is 3.54. The molecule has 0 aliphatic carbocycles. The lowest BCUT2D eigenvalue weighted by Gasteiger charge is -2.02. The average molecular weight is 202 g/mol. The molecule has 0 saturated carbocycles. The number of hydrogen-bond donors (Lipinski definition) is 2. The molecule has 0 saturated heterocycles. The predicted molar refractivity (Wildman–Crippen MR) is 46.6 cm³/mol. The predicted octanol–water partition coefficient (Wildman–Crippen LogP) is 1.96. The molecular formula is C8H8ClNO3. The Balaban J connectivity index is 2.46. The highest BCUT2D eigenvalue weighted by molar-refractivity contribution is 6.30. The average Bonchev–Trinajstić information content (AvgIpc) is 2.16. The van der Waals surface area contributed by atoms with E-state index < -0.39 is 6.09 Å².